The summed E-state index contributed by atoms with van der Waals surface area (Å²) in [6.45, 7) is 2.81. The van der Waals surface area contributed by atoms with Crippen LogP contribution in [0.3, 0.4) is 0 Å². The van der Waals surface area contributed by atoms with Crippen LogP contribution in [0, 0.1) is 6.92 Å². The summed E-state index contributed by atoms with van der Waals surface area (Å²) >= 11 is 0. The number of amides is 1. The fourth-order valence-corrected chi connectivity index (χ4v) is 2.93. The molecule has 8 nitrogen and oxygen atoms in total. The molecular formula is C17H19N5O3. The van der Waals surface area contributed by atoms with Crippen LogP contribution in [0.1, 0.15) is 16.1 Å². The molecule has 0 unspecified atom stereocenters. The fraction of sp³-hybridized carbons (Fsp3) is 0.353. The molecule has 4 heterocycles. The van der Waals surface area contributed by atoms with Gasteiger partial charge in [-0.2, -0.15) is 5.10 Å². The third-order valence-corrected chi connectivity index (χ3v) is 4.22. The summed E-state index contributed by atoms with van der Waals surface area (Å²) in [4.78, 5) is 16.9. The highest BCUT2D eigenvalue weighted by Crippen LogP contribution is 2.17. The Morgan fingerprint density at radius 1 is 1.44 bits per heavy atom. The average molecular weight is 341 g/mol. The standard InChI is InChI=1S/C17H19N5O3/c1-11-3-4-22-10-18-16(14(22)5-11)17(23)20-13-8-24-9-15(13)25-12-6-19-21(2)7-12/h3-7,10,13,15H,8-9H2,1-2H3,(H,20,23)/t13-,15+/m0/s1. The van der Waals surface area contributed by atoms with Crippen LogP contribution in [0.4, 0.5) is 0 Å². The van der Waals surface area contributed by atoms with Crippen LogP contribution in [0.2, 0.25) is 0 Å². The van der Waals surface area contributed by atoms with Gasteiger partial charge in [-0.05, 0) is 24.6 Å². The second-order valence-corrected chi connectivity index (χ2v) is 6.21. The molecular weight excluding hydrogens is 322 g/mol. The Bertz CT molecular complexity index is 916. The topological polar surface area (TPSA) is 82.7 Å². The van der Waals surface area contributed by atoms with Crippen LogP contribution >= 0.6 is 0 Å². The summed E-state index contributed by atoms with van der Waals surface area (Å²) in [5, 5.41) is 7.06. The molecule has 130 valence electrons. The molecule has 1 amide bonds. The van der Waals surface area contributed by atoms with Crippen molar-refractivity contribution in [3.05, 3.63) is 48.3 Å². The third kappa shape index (κ3) is 3.08. The Morgan fingerprint density at radius 2 is 2.32 bits per heavy atom. The molecule has 0 spiro atoms. The van der Waals surface area contributed by atoms with E-state index in [9.17, 15) is 4.79 Å². The zero-order chi connectivity index (χ0) is 17.4. The lowest BCUT2D eigenvalue weighted by molar-refractivity contribution is 0.0901. The lowest BCUT2D eigenvalue weighted by Crippen LogP contribution is -2.45. The molecule has 8 heteroatoms. The van der Waals surface area contributed by atoms with Crippen molar-refractivity contribution < 1.29 is 14.3 Å². The van der Waals surface area contributed by atoms with Crippen molar-refractivity contribution in [2.75, 3.05) is 13.2 Å². The predicted octanol–water partition coefficient (Wildman–Crippen LogP) is 0.952. The Labute approximate surface area is 144 Å². The number of carbonyl (C=O) groups is 1. The van der Waals surface area contributed by atoms with Gasteiger partial charge in [-0.1, -0.05) is 0 Å². The summed E-state index contributed by atoms with van der Waals surface area (Å²) in [7, 11) is 1.82. The fourth-order valence-electron chi connectivity index (χ4n) is 2.93. The molecule has 0 saturated carbocycles. The van der Waals surface area contributed by atoms with Gasteiger partial charge in [0.05, 0.1) is 37.2 Å². The smallest absolute Gasteiger partial charge is 0.272 e. The molecule has 2 atom stereocenters. The molecule has 3 aromatic rings. The molecule has 1 fully saturated rings. The van der Waals surface area contributed by atoms with E-state index < -0.39 is 0 Å². The number of hydrogen-bond acceptors (Lipinski definition) is 5. The van der Waals surface area contributed by atoms with E-state index in [1.54, 1.807) is 23.4 Å². The zero-order valence-corrected chi connectivity index (χ0v) is 14.0. The highest BCUT2D eigenvalue weighted by Gasteiger charge is 2.32. The van der Waals surface area contributed by atoms with Crippen molar-refractivity contribution in [3.63, 3.8) is 0 Å². The van der Waals surface area contributed by atoms with Crippen molar-refractivity contribution >= 4 is 11.4 Å². The average Bonchev–Trinajstić information content (AvgIpc) is 3.28. The third-order valence-electron chi connectivity index (χ3n) is 4.22. The van der Waals surface area contributed by atoms with Gasteiger partial charge in [0.15, 0.2) is 11.4 Å². The van der Waals surface area contributed by atoms with E-state index in [0.717, 1.165) is 11.1 Å². The molecule has 0 aromatic carbocycles. The number of fused-ring (bicyclic) bond motifs is 1. The van der Waals surface area contributed by atoms with E-state index in [2.05, 4.69) is 15.4 Å². The van der Waals surface area contributed by atoms with E-state index in [1.807, 2.05) is 36.7 Å². The number of nitrogens with one attached hydrogen (secondary N) is 1. The first-order valence-corrected chi connectivity index (χ1v) is 8.07. The first-order chi connectivity index (χ1) is 12.1. The Morgan fingerprint density at radius 3 is 3.12 bits per heavy atom. The van der Waals surface area contributed by atoms with Crippen LogP contribution in [0.25, 0.3) is 5.52 Å². The van der Waals surface area contributed by atoms with Gasteiger partial charge in [-0.25, -0.2) is 4.98 Å². The number of rotatable bonds is 4. The van der Waals surface area contributed by atoms with Gasteiger partial charge in [0.2, 0.25) is 0 Å². The molecule has 1 N–H and O–H groups in total. The Hall–Kier alpha value is -2.87. The maximum Gasteiger partial charge on any atom is 0.272 e. The van der Waals surface area contributed by atoms with Crippen LogP contribution in [-0.4, -0.2) is 50.4 Å². The van der Waals surface area contributed by atoms with Crippen molar-refractivity contribution in [1.82, 2.24) is 24.5 Å². The van der Waals surface area contributed by atoms with E-state index in [0.29, 0.717) is 24.7 Å². The number of hydrogen-bond donors (Lipinski definition) is 1. The highest BCUT2D eigenvalue weighted by atomic mass is 16.5. The molecule has 0 radical (unpaired) electrons. The van der Waals surface area contributed by atoms with E-state index in [1.165, 1.54) is 0 Å². The van der Waals surface area contributed by atoms with Crippen LogP contribution < -0.4 is 10.1 Å². The van der Waals surface area contributed by atoms with E-state index in [-0.39, 0.29) is 18.1 Å². The second kappa shape index (κ2) is 6.21. The van der Waals surface area contributed by atoms with Gasteiger partial charge >= 0.3 is 0 Å². The number of nitrogens with zero attached hydrogens (tertiary/aromatic N) is 4. The van der Waals surface area contributed by atoms with Crippen LogP contribution in [0.15, 0.2) is 37.1 Å². The Kier molecular flexibility index (Phi) is 3.89. The number of aromatic nitrogens is 4. The minimum Gasteiger partial charge on any atom is -0.482 e. The van der Waals surface area contributed by atoms with Crippen molar-refractivity contribution in [2.24, 2.45) is 7.05 Å². The number of carbonyl (C=O) groups excluding carboxylic acids is 1. The number of imidazole rings is 1. The van der Waals surface area contributed by atoms with Crippen molar-refractivity contribution in [1.29, 1.82) is 0 Å². The first kappa shape index (κ1) is 15.6. The molecule has 4 rings (SSSR count). The molecule has 0 aliphatic carbocycles. The zero-order valence-electron chi connectivity index (χ0n) is 14.0. The molecule has 3 aromatic heterocycles. The minimum absolute atomic E-state index is 0.233. The van der Waals surface area contributed by atoms with E-state index in [4.69, 9.17) is 9.47 Å². The van der Waals surface area contributed by atoms with Crippen LogP contribution in [0.5, 0.6) is 5.75 Å². The number of ether oxygens (including phenoxy) is 2. The molecule has 1 saturated heterocycles. The lowest BCUT2D eigenvalue weighted by Gasteiger charge is -2.19. The van der Waals surface area contributed by atoms with Gasteiger partial charge in [0.25, 0.3) is 5.91 Å². The monoisotopic (exact) mass is 341 g/mol. The largest absolute Gasteiger partial charge is 0.482 e. The van der Waals surface area contributed by atoms with Gasteiger partial charge in [0.1, 0.15) is 12.4 Å². The van der Waals surface area contributed by atoms with E-state index >= 15 is 0 Å². The maximum absolute atomic E-state index is 12.7. The van der Waals surface area contributed by atoms with Gasteiger partial charge in [0, 0.05) is 13.2 Å². The molecule has 1 aliphatic rings. The summed E-state index contributed by atoms with van der Waals surface area (Å²) in [5.74, 6) is 0.420. The molecule has 1 aliphatic heterocycles. The van der Waals surface area contributed by atoms with Crippen molar-refractivity contribution in [3.8, 4) is 5.75 Å². The molecule has 0 bridgehead atoms. The summed E-state index contributed by atoms with van der Waals surface area (Å²) in [6.07, 6.45) is 6.69. The maximum atomic E-state index is 12.7. The minimum atomic E-state index is -0.260. The Balaban J connectivity index is 1.50. The number of aryl methyl sites for hydroxylation is 2. The predicted molar refractivity (Wildman–Crippen MR) is 89.6 cm³/mol. The van der Waals surface area contributed by atoms with Gasteiger partial charge in [-0.15, -0.1) is 0 Å². The van der Waals surface area contributed by atoms with Crippen molar-refractivity contribution in [2.45, 2.75) is 19.1 Å². The first-order valence-electron chi connectivity index (χ1n) is 8.07. The van der Waals surface area contributed by atoms with Crippen LogP contribution in [-0.2, 0) is 11.8 Å². The second-order valence-electron chi connectivity index (χ2n) is 6.21. The normalized spacial score (nSPS) is 20.1. The van der Waals surface area contributed by atoms with Gasteiger partial charge in [-0.3, -0.25) is 9.48 Å². The van der Waals surface area contributed by atoms with Gasteiger partial charge < -0.3 is 19.2 Å². The summed E-state index contributed by atoms with van der Waals surface area (Å²) in [6, 6.07) is 3.67. The number of pyridine rings is 1. The SMILES string of the molecule is Cc1ccn2cnc(C(=O)N[C@H]3COC[C@H]3Oc3cnn(C)c3)c2c1. The molecule has 25 heavy (non-hydrogen) atoms. The summed E-state index contributed by atoms with van der Waals surface area (Å²) < 4.78 is 14.9. The highest BCUT2D eigenvalue weighted by molar-refractivity contribution is 5.99. The quantitative estimate of drug-likeness (QED) is 0.764. The lowest BCUT2D eigenvalue weighted by atomic mass is 10.2. The summed E-state index contributed by atoms with van der Waals surface area (Å²) in [5.41, 5.74) is 2.25.